The average Bonchev–Trinajstić information content (AvgIpc) is 2.71. The van der Waals surface area contributed by atoms with E-state index in [1.54, 1.807) is 30.0 Å². The van der Waals surface area contributed by atoms with Crippen LogP contribution in [0.15, 0.2) is 29.1 Å². The molecule has 1 N–H and O–H groups in total. The van der Waals surface area contributed by atoms with Gasteiger partial charge in [0.15, 0.2) is 5.65 Å². The molecule has 0 aliphatic carbocycles. The first-order valence-corrected chi connectivity index (χ1v) is 9.85. The molecule has 1 fully saturated rings. The van der Waals surface area contributed by atoms with Gasteiger partial charge in [-0.05, 0) is 44.9 Å². The van der Waals surface area contributed by atoms with Crippen molar-refractivity contribution >= 4 is 16.9 Å². The van der Waals surface area contributed by atoms with E-state index in [0.717, 1.165) is 6.07 Å². The number of aromatic amines is 1. The molecule has 31 heavy (non-hydrogen) atoms. The largest absolute Gasteiger partial charge is 0.417 e. The van der Waals surface area contributed by atoms with Crippen molar-refractivity contribution in [1.29, 1.82) is 0 Å². The first-order valence-electron chi connectivity index (χ1n) is 9.85. The number of H-pyrrole nitrogens is 1. The van der Waals surface area contributed by atoms with Crippen LogP contribution in [-0.4, -0.2) is 43.8 Å². The van der Waals surface area contributed by atoms with Gasteiger partial charge in [-0.1, -0.05) is 6.07 Å². The minimum atomic E-state index is -4.74. The molecule has 4 rings (SSSR count). The normalized spacial score (nSPS) is 17.2. The Bertz CT molecular complexity index is 1220. The summed E-state index contributed by atoms with van der Waals surface area (Å²) in [5, 5.41) is -0.574. The Morgan fingerprint density at radius 1 is 1.19 bits per heavy atom. The fourth-order valence-corrected chi connectivity index (χ4v) is 3.93. The smallest absolute Gasteiger partial charge is 0.337 e. The summed E-state index contributed by atoms with van der Waals surface area (Å²) in [7, 11) is 0. The second kappa shape index (κ2) is 7.75. The number of fused-ring (bicyclic) bond motifs is 1. The van der Waals surface area contributed by atoms with Crippen molar-refractivity contribution in [1.82, 2.24) is 24.8 Å². The summed E-state index contributed by atoms with van der Waals surface area (Å²) in [5.41, 5.74) is -1.00. The summed E-state index contributed by atoms with van der Waals surface area (Å²) in [6.07, 6.45) is -3.55. The van der Waals surface area contributed by atoms with Crippen LogP contribution in [0.25, 0.3) is 11.0 Å². The van der Waals surface area contributed by atoms with Gasteiger partial charge >= 0.3 is 6.18 Å². The average molecular weight is 431 g/mol. The lowest BCUT2D eigenvalue weighted by Gasteiger charge is -2.32. The first-order chi connectivity index (χ1) is 14.6. The third kappa shape index (κ3) is 4.14. The highest BCUT2D eigenvalue weighted by Gasteiger charge is 2.36. The molecule has 0 saturated carbocycles. The standard InChI is InChI=1S/C21H20F3N5O2/c1-11-5-3-7-15(25-11)20(31)29-8-4-6-13(10-29)16-9-14(21(22,23)24)17-18(28-16)26-12(2)27-19(17)30/h3,5,7,9,13H,4,6,8,10H2,1-2H3,(H,26,27,28,30). The van der Waals surface area contributed by atoms with Gasteiger partial charge in [0.05, 0.1) is 10.9 Å². The molecule has 10 heteroatoms. The molecule has 1 aliphatic heterocycles. The number of nitrogens with one attached hydrogen (secondary N) is 1. The maximum atomic E-state index is 13.7. The number of aromatic nitrogens is 4. The van der Waals surface area contributed by atoms with Crippen LogP contribution in [0, 0.1) is 13.8 Å². The number of pyridine rings is 2. The number of halogens is 3. The topological polar surface area (TPSA) is 91.8 Å². The molecule has 1 unspecified atom stereocenters. The summed E-state index contributed by atoms with van der Waals surface area (Å²) in [6, 6.07) is 6.05. The molecule has 3 aromatic heterocycles. The second-order valence-corrected chi connectivity index (χ2v) is 7.70. The summed E-state index contributed by atoms with van der Waals surface area (Å²) in [6.45, 7) is 3.97. The molecule has 0 bridgehead atoms. The Balaban J connectivity index is 1.73. The van der Waals surface area contributed by atoms with Crippen molar-refractivity contribution in [3.8, 4) is 0 Å². The fraction of sp³-hybridized carbons (Fsp3) is 0.381. The van der Waals surface area contributed by atoms with E-state index in [1.165, 1.54) is 6.92 Å². The summed E-state index contributed by atoms with van der Waals surface area (Å²) in [5.74, 6) is -0.494. The van der Waals surface area contributed by atoms with Crippen LogP contribution in [0.2, 0.25) is 0 Å². The van der Waals surface area contributed by atoms with E-state index in [-0.39, 0.29) is 29.6 Å². The zero-order chi connectivity index (χ0) is 22.3. The van der Waals surface area contributed by atoms with E-state index in [4.69, 9.17) is 0 Å². The number of carbonyl (C=O) groups excluding carboxylic acids is 1. The van der Waals surface area contributed by atoms with Gasteiger partial charge in [0.2, 0.25) is 0 Å². The minimum Gasteiger partial charge on any atom is -0.337 e. The molecule has 0 aromatic carbocycles. The number of rotatable bonds is 2. The molecule has 7 nitrogen and oxygen atoms in total. The van der Waals surface area contributed by atoms with Crippen molar-refractivity contribution in [2.45, 2.75) is 38.8 Å². The number of amides is 1. The van der Waals surface area contributed by atoms with E-state index in [0.29, 0.717) is 30.8 Å². The van der Waals surface area contributed by atoms with Crippen molar-refractivity contribution < 1.29 is 18.0 Å². The number of carbonyl (C=O) groups is 1. The van der Waals surface area contributed by atoms with Crippen molar-refractivity contribution in [3.63, 3.8) is 0 Å². The van der Waals surface area contributed by atoms with E-state index >= 15 is 0 Å². The first kappa shape index (κ1) is 21.0. The van der Waals surface area contributed by atoms with Gasteiger partial charge in [0.25, 0.3) is 11.5 Å². The molecule has 162 valence electrons. The maximum absolute atomic E-state index is 13.7. The van der Waals surface area contributed by atoms with Gasteiger partial charge in [-0.25, -0.2) is 15.0 Å². The molecular weight excluding hydrogens is 411 g/mol. The molecule has 0 spiro atoms. The number of likely N-dealkylation sites (tertiary alicyclic amines) is 1. The highest BCUT2D eigenvalue weighted by Crippen LogP contribution is 2.36. The van der Waals surface area contributed by atoms with Crippen molar-refractivity contribution in [3.05, 3.63) is 63.1 Å². The van der Waals surface area contributed by atoms with E-state index in [9.17, 15) is 22.8 Å². The van der Waals surface area contributed by atoms with Crippen LogP contribution in [0.1, 0.15) is 52.0 Å². The SMILES string of the molecule is Cc1cccc(C(=O)N2CCCC(c3cc(C(F)(F)F)c4c(=O)[nH]c(C)nc4n3)C2)n1. The molecule has 0 radical (unpaired) electrons. The van der Waals surface area contributed by atoms with Crippen LogP contribution in [0.5, 0.6) is 0 Å². The van der Waals surface area contributed by atoms with Gasteiger partial charge in [-0.3, -0.25) is 9.59 Å². The predicted octanol–water partition coefficient (Wildman–Crippen LogP) is 3.37. The number of alkyl halides is 3. The maximum Gasteiger partial charge on any atom is 0.417 e. The predicted molar refractivity (Wildman–Crippen MR) is 107 cm³/mol. The van der Waals surface area contributed by atoms with Crippen LogP contribution >= 0.6 is 0 Å². The van der Waals surface area contributed by atoms with Crippen molar-refractivity contribution in [2.75, 3.05) is 13.1 Å². The Hall–Kier alpha value is -3.30. The summed E-state index contributed by atoms with van der Waals surface area (Å²) in [4.78, 5) is 41.5. The number of aryl methyl sites for hydroxylation is 2. The van der Waals surface area contributed by atoms with Crippen molar-refractivity contribution in [2.24, 2.45) is 0 Å². The van der Waals surface area contributed by atoms with Gasteiger partial charge < -0.3 is 9.88 Å². The molecule has 3 aromatic rings. The minimum absolute atomic E-state index is 0.173. The molecule has 1 amide bonds. The molecule has 1 aliphatic rings. The Kier molecular flexibility index (Phi) is 5.24. The quantitative estimate of drug-likeness (QED) is 0.672. The van der Waals surface area contributed by atoms with E-state index in [2.05, 4.69) is 19.9 Å². The van der Waals surface area contributed by atoms with Gasteiger partial charge in [-0.2, -0.15) is 13.2 Å². The molecule has 1 atom stereocenters. The lowest BCUT2D eigenvalue weighted by Crippen LogP contribution is -2.39. The van der Waals surface area contributed by atoms with Crippen LogP contribution in [0.3, 0.4) is 0 Å². The lowest BCUT2D eigenvalue weighted by atomic mass is 9.92. The summed E-state index contributed by atoms with van der Waals surface area (Å²) < 4.78 is 41.2. The van der Waals surface area contributed by atoms with Crippen LogP contribution in [0.4, 0.5) is 13.2 Å². The summed E-state index contributed by atoms with van der Waals surface area (Å²) >= 11 is 0. The number of hydrogen-bond donors (Lipinski definition) is 1. The van der Waals surface area contributed by atoms with Gasteiger partial charge in [0, 0.05) is 30.4 Å². The van der Waals surface area contributed by atoms with Gasteiger partial charge in [-0.15, -0.1) is 0 Å². The number of piperidine rings is 1. The molecular formula is C21H20F3N5O2. The third-order valence-electron chi connectivity index (χ3n) is 5.35. The highest BCUT2D eigenvalue weighted by atomic mass is 19.4. The Labute approximate surface area is 175 Å². The molecule has 1 saturated heterocycles. The second-order valence-electron chi connectivity index (χ2n) is 7.70. The fourth-order valence-electron chi connectivity index (χ4n) is 3.93. The number of nitrogens with zero attached hydrogens (tertiary/aromatic N) is 4. The third-order valence-corrected chi connectivity index (χ3v) is 5.35. The monoisotopic (exact) mass is 431 g/mol. The van der Waals surface area contributed by atoms with Crippen LogP contribution in [-0.2, 0) is 6.18 Å². The highest BCUT2D eigenvalue weighted by molar-refractivity contribution is 5.92. The van der Waals surface area contributed by atoms with E-state index < -0.39 is 28.6 Å². The zero-order valence-corrected chi connectivity index (χ0v) is 17.0. The Morgan fingerprint density at radius 3 is 2.68 bits per heavy atom. The molecule has 4 heterocycles. The van der Waals surface area contributed by atoms with E-state index in [1.807, 2.05) is 0 Å². The zero-order valence-electron chi connectivity index (χ0n) is 17.0. The van der Waals surface area contributed by atoms with Gasteiger partial charge in [0.1, 0.15) is 11.5 Å². The lowest BCUT2D eigenvalue weighted by molar-refractivity contribution is -0.136. The number of hydrogen-bond acceptors (Lipinski definition) is 5. The Morgan fingerprint density at radius 2 is 1.97 bits per heavy atom. The van der Waals surface area contributed by atoms with Crippen LogP contribution < -0.4 is 5.56 Å².